The fourth-order valence-corrected chi connectivity index (χ4v) is 3.36. The van der Waals surface area contributed by atoms with Crippen LogP contribution in [0.25, 0.3) is 0 Å². The van der Waals surface area contributed by atoms with E-state index >= 15 is 0 Å². The molecular weight excluding hydrogens is 260 g/mol. The van der Waals surface area contributed by atoms with Gasteiger partial charge in [-0.25, -0.2) is 0 Å². The van der Waals surface area contributed by atoms with E-state index in [0.717, 1.165) is 6.42 Å². The molecule has 17 heavy (non-hydrogen) atoms. The molecule has 0 saturated heterocycles. The smallest absolute Gasteiger partial charge is 0.184 e. The first-order valence-corrected chi connectivity index (χ1v) is 7.83. The normalized spacial score (nSPS) is 10.7. The molecule has 0 aromatic carbocycles. The third kappa shape index (κ3) is 6.02. The second-order valence-electron chi connectivity index (χ2n) is 4.70. The van der Waals surface area contributed by atoms with Crippen molar-refractivity contribution in [2.75, 3.05) is 0 Å². The molecule has 0 saturated carbocycles. The molecule has 100 valence electrons. The van der Waals surface area contributed by atoms with Crippen molar-refractivity contribution in [2.24, 2.45) is 11.8 Å². The molecule has 0 aromatic rings. The highest BCUT2D eigenvalue weighted by Crippen LogP contribution is 2.09. The average Bonchev–Trinajstić information content (AvgIpc) is 2.13. The van der Waals surface area contributed by atoms with E-state index in [1.54, 1.807) is 13.8 Å². The lowest BCUT2D eigenvalue weighted by molar-refractivity contribution is 0.565. The van der Waals surface area contributed by atoms with Crippen LogP contribution < -0.4 is 0 Å². The minimum absolute atomic E-state index is 0.0158. The van der Waals surface area contributed by atoms with Crippen molar-refractivity contribution in [3.63, 3.8) is 0 Å². The molecule has 0 spiro atoms. The summed E-state index contributed by atoms with van der Waals surface area (Å²) in [5.41, 5.74) is 0. The Morgan fingerprint density at radius 1 is 0.941 bits per heavy atom. The molecule has 4 nitrogen and oxygen atoms in total. The molecule has 0 unspecified atom stereocenters. The molecule has 0 aliphatic carbocycles. The Hall–Kier alpha value is -0.620. The van der Waals surface area contributed by atoms with Crippen molar-refractivity contribution >= 4 is 30.3 Å². The SMILES string of the molecule is CC(C)CCCC(C(C(C)C)=S(=O)=O)=S(=O)=O. The van der Waals surface area contributed by atoms with Crippen LogP contribution in [-0.4, -0.2) is 26.6 Å². The molecule has 6 heteroatoms. The van der Waals surface area contributed by atoms with Gasteiger partial charge in [0.1, 0.15) is 0 Å². The van der Waals surface area contributed by atoms with Gasteiger partial charge in [0.25, 0.3) is 0 Å². The zero-order valence-electron chi connectivity index (χ0n) is 10.7. The van der Waals surface area contributed by atoms with Crippen molar-refractivity contribution in [3.8, 4) is 0 Å². The van der Waals surface area contributed by atoms with Crippen molar-refractivity contribution in [1.82, 2.24) is 0 Å². The van der Waals surface area contributed by atoms with Gasteiger partial charge in [0.15, 0.2) is 0 Å². The number of rotatable bonds is 6. The molecule has 0 fully saturated rings. The Balaban J connectivity index is 5.18. The Kier molecular flexibility index (Phi) is 7.38. The van der Waals surface area contributed by atoms with E-state index in [9.17, 15) is 16.8 Å². The number of hydrogen-bond donors (Lipinski definition) is 0. The molecule has 0 rings (SSSR count). The maximum atomic E-state index is 11.1. The van der Waals surface area contributed by atoms with E-state index < -0.39 is 20.6 Å². The van der Waals surface area contributed by atoms with Gasteiger partial charge in [0, 0.05) is 0 Å². The molecule has 0 aromatic heterocycles. The monoisotopic (exact) mass is 280 g/mol. The van der Waals surface area contributed by atoms with Gasteiger partial charge in [0.2, 0.25) is 20.6 Å². The van der Waals surface area contributed by atoms with Gasteiger partial charge in [0.05, 0.1) is 9.73 Å². The summed E-state index contributed by atoms with van der Waals surface area (Å²) in [5, 5.41) is 0. The highest BCUT2D eigenvalue weighted by molar-refractivity contribution is 7.82. The summed E-state index contributed by atoms with van der Waals surface area (Å²) < 4.78 is 44.3. The van der Waals surface area contributed by atoms with Crippen molar-refractivity contribution in [3.05, 3.63) is 0 Å². The Morgan fingerprint density at radius 2 is 1.47 bits per heavy atom. The first kappa shape index (κ1) is 16.4. The summed E-state index contributed by atoms with van der Waals surface area (Å²) in [5.74, 6) is 0.178. The molecular formula is C11H20O4S2. The van der Waals surface area contributed by atoms with E-state index in [0.29, 0.717) is 18.8 Å². The second kappa shape index (κ2) is 7.66. The lowest BCUT2D eigenvalue weighted by atomic mass is 10.0. The van der Waals surface area contributed by atoms with Gasteiger partial charge < -0.3 is 0 Å². The summed E-state index contributed by atoms with van der Waals surface area (Å²) in [4.78, 5) is 0.0519. The summed E-state index contributed by atoms with van der Waals surface area (Å²) in [6.07, 6.45) is 1.88. The standard InChI is InChI=1S/C11H20O4S2/c1-8(2)6-5-7-10(16(12)13)11(9(3)4)17(14)15/h8-9H,5-7H2,1-4H3. The fourth-order valence-electron chi connectivity index (χ4n) is 1.57. The quantitative estimate of drug-likeness (QED) is 0.693. The highest BCUT2D eigenvalue weighted by atomic mass is 32.2. The van der Waals surface area contributed by atoms with Crippen LogP contribution in [0.5, 0.6) is 0 Å². The van der Waals surface area contributed by atoms with E-state index in [2.05, 4.69) is 0 Å². The largest absolute Gasteiger partial charge is 0.218 e. The summed E-state index contributed by atoms with van der Waals surface area (Å²) in [6.45, 7) is 7.46. The van der Waals surface area contributed by atoms with Gasteiger partial charge in [-0.05, 0) is 24.7 Å². The second-order valence-corrected chi connectivity index (χ2v) is 6.57. The first-order valence-electron chi connectivity index (χ1n) is 5.68. The average molecular weight is 280 g/mol. The predicted molar refractivity (Wildman–Crippen MR) is 71.4 cm³/mol. The first-order chi connectivity index (χ1) is 7.77. The molecule has 0 N–H and O–H groups in total. The van der Waals surface area contributed by atoms with E-state index in [1.165, 1.54) is 0 Å². The van der Waals surface area contributed by atoms with Gasteiger partial charge >= 0.3 is 0 Å². The molecule has 0 aliphatic heterocycles. The Morgan fingerprint density at radius 3 is 1.76 bits per heavy atom. The lowest BCUT2D eigenvalue weighted by Crippen LogP contribution is -2.22. The minimum Gasteiger partial charge on any atom is -0.184 e. The molecule has 0 radical (unpaired) electrons. The third-order valence-electron chi connectivity index (χ3n) is 2.37. The lowest BCUT2D eigenvalue weighted by Gasteiger charge is -2.08. The topological polar surface area (TPSA) is 68.3 Å². The van der Waals surface area contributed by atoms with E-state index in [4.69, 9.17) is 0 Å². The van der Waals surface area contributed by atoms with Gasteiger partial charge in [-0.2, -0.15) is 16.8 Å². The van der Waals surface area contributed by atoms with Gasteiger partial charge in [-0.1, -0.05) is 34.1 Å². The maximum Gasteiger partial charge on any atom is 0.218 e. The zero-order valence-corrected chi connectivity index (χ0v) is 12.4. The summed E-state index contributed by atoms with van der Waals surface area (Å²) in [6, 6.07) is 0. The van der Waals surface area contributed by atoms with Crippen LogP contribution >= 0.6 is 0 Å². The molecule has 0 atom stereocenters. The number of hydrogen-bond acceptors (Lipinski definition) is 4. The highest BCUT2D eigenvalue weighted by Gasteiger charge is 2.16. The Labute approximate surface area is 106 Å². The molecule has 0 amide bonds. The van der Waals surface area contributed by atoms with Crippen LogP contribution in [0.1, 0.15) is 47.0 Å². The van der Waals surface area contributed by atoms with Crippen LogP contribution in [0.2, 0.25) is 0 Å². The third-order valence-corrected chi connectivity index (χ3v) is 4.40. The van der Waals surface area contributed by atoms with E-state index in [-0.39, 0.29) is 15.6 Å². The van der Waals surface area contributed by atoms with Crippen LogP contribution in [0, 0.1) is 11.8 Å². The minimum atomic E-state index is -2.46. The van der Waals surface area contributed by atoms with Gasteiger partial charge in [-0.3, -0.25) is 0 Å². The maximum absolute atomic E-state index is 11.1. The fraction of sp³-hybridized carbons (Fsp3) is 0.818. The van der Waals surface area contributed by atoms with Crippen molar-refractivity contribution in [1.29, 1.82) is 0 Å². The molecule has 0 bridgehead atoms. The van der Waals surface area contributed by atoms with Crippen LogP contribution in [0.3, 0.4) is 0 Å². The van der Waals surface area contributed by atoms with Crippen LogP contribution in [0.4, 0.5) is 0 Å². The molecule has 0 heterocycles. The van der Waals surface area contributed by atoms with Crippen molar-refractivity contribution < 1.29 is 16.8 Å². The summed E-state index contributed by atoms with van der Waals surface area (Å²) in [7, 11) is -4.91. The zero-order chi connectivity index (χ0) is 13.6. The predicted octanol–water partition coefficient (Wildman–Crippen LogP) is 1.57. The van der Waals surface area contributed by atoms with Crippen molar-refractivity contribution in [2.45, 2.75) is 47.0 Å². The Bertz CT molecular complexity index is 492. The van der Waals surface area contributed by atoms with Crippen LogP contribution in [0.15, 0.2) is 0 Å². The van der Waals surface area contributed by atoms with E-state index in [1.807, 2.05) is 13.8 Å². The molecule has 0 aliphatic rings. The summed E-state index contributed by atoms with van der Waals surface area (Å²) >= 11 is 0. The van der Waals surface area contributed by atoms with Crippen LogP contribution in [-0.2, 0) is 20.6 Å². The van der Waals surface area contributed by atoms with Gasteiger partial charge in [-0.15, -0.1) is 0 Å².